The SMILES string of the molecule is CC(C)c1ccc(C(=O)C(Cl)(Cl)SC#N)cc1. The van der Waals surface area contributed by atoms with Crippen molar-refractivity contribution < 1.29 is 4.79 Å². The number of ketones is 1. The molecule has 0 unspecified atom stereocenters. The third kappa shape index (κ3) is 3.64. The first-order valence-corrected chi connectivity index (χ1v) is 6.55. The number of thiocyanates is 1. The van der Waals surface area contributed by atoms with Gasteiger partial charge in [-0.25, -0.2) is 0 Å². The number of nitrogens with zero attached hydrogens (tertiary/aromatic N) is 1. The van der Waals surface area contributed by atoms with Crippen LogP contribution >= 0.6 is 35.0 Å². The van der Waals surface area contributed by atoms with Gasteiger partial charge in [0, 0.05) is 17.3 Å². The first kappa shape index (κ1) is 14.4. The van der Waals surface area contributed by atoms with E-state index in [9.17, 15) is 4.79 Å². The predicted octanol–water partition coefficient (Wildman–Crippen LogP) is 4.34. The van der Waals surface area contributed by atoms with Crippen LogP contribution in [0.25, 0.3) is 0 Å². The predicted molar refractivity (Wildman–Crippen MR) is 72.5 cm³/mol. The molecule has 0 bridgehead atoms. The summed E-state index contributed by atoms with van der Waals surface area (Å²) in [5, 5.41) is 10.2. The van der Waals surface area contributed by atoms with Crippen LogP contribution < -0.4 is 0 Å². The summed E-state index contributed by atoms with van der Waals surface area (Å²) < 4.78 is -1.74. The molecule has 0 atom stereocenters. The Labute approximate surface area is 115 Å². The lowest BCUT2D eigenvalue weighted by Crippen LogP contribution is -2.21. The molecule has 0 fully saturated rings. The number of carbonyl (C=O) groups is 1. The van der Waals surface area contributed by atoms with Crippen molar-refractivity contribution in [3.8, 4) is 5.40 Å². The van der Waals surface area contributed by atoms with Crippen molar-refractivity contribution in [3.05, 3.63) is 35.4 Å². The molecule has 0 aromatic heterocycles. The fraction of sp³-hybridized carbons (Fsp3) is 0.333. The summed E-state index contributed by atoms with van der Waals surface area (Å²) in [5.74, 6) is -0.0768. The second-order valence-corrected chi connectivity index (χ2v) is 6.59. The van der Waals surface area contributed by atoms with E-state index in [0.29, 0.717) is 23.2 Å². The number of alkyl halides is 2. The van der Waals surface area contributed by atoms with E-state index in [4.69, 9.17) is 28.5 Å². The zero-order valence-corrected chi connectivity index (χ0v) is 11.7. The van der Waals surface area contributed by atoms with Crippen molar-refractivity contribution in [2.24, 2.45) is 0 Å². The van der Waals surface area contributed by atoms with Crippen LogP contribution in [0, 0.1) is 10.7 Å². The standard InChI is InChI=1S/C12H11Cl2NOS/c1-8(2)9-3-5-10(6-4-9)11(16)12(13,14)17-7-15/h3-6,8H,1-2H3. The smallest absolute Gasteiger partial charge is 0.238 e. The molecular formula is C12H11Cl2NOS. The van der Waals surface area contributed by atoms with Crippen LogP contribution in [-0.2, 0) is 0 Å². The van der Waals surface area contributed by atoms with Crippen molar-refractivity contribution in [3.63, 3.8) is 0 Å². The molecule has 0 saturated carbocycles. The van der Waals surface area contributed by atoms with E-state index in [2.05, 4.69) is 13.8 Å². The number of Topliss-reactive ketones (excluding diaryl/α,β-unsaturated/α-hetero) is 1. The van der Waals surface area contributed by atoms with Crippen LogP contribution in [0.2, 0.25) is 0 Å². The Morgan fingerprint density at radius 3 is 2.29 bits per heavy atom. The Balaban J connectivity index is 2.95. The minimum absolute atomic E-state index is 0.393. The van der Waals surface area contributed by atoms with Gasteiger partial charge in [-0.05, 0) is 11.5 Å². The molecule has 2 nitrogen and oxygen atoms in total. The van der Waals surface area contributed by atoms with E-state index in [1.54, 1.807) is 17.5 Å². The van der Waals surface area contributed by atoms with Crippen LogP contribution in [0.4, 0.5) is 0 Å². The van der Waals surface area contributed by atoms with Crippen molar-refractivity contribution >= 4 is 40.7 Å². The number of carbonyl (C=O) groups excluding carboxylic acids is 1. The Hall–Kier alpha value is -0.690. The molecule has 1 aromatic carbocycles. The molecule has 0 aliphatic rings. The van der Waals surface area contributed by atoms with Gasteiger partial charge in [0.15, 0.2) is 0 Å². The Morgan fingerprint density at radius 1 is 1.35 bits per heavy atom. The average molecular weight is 288 g/mol. The van der Waals surface area contributed by atoms with Crippen LogP contribution in [0.1, 0.15) is 35.7 Å². The van der Waals surface area contributed by atoms with Gasteiger partial charge in [0.1, 0.15) is 5.40 Å². The van der Waals surface area contributed by atoms with Gasteiger partial charge in [-0.2, -0.15) is 5.26 Å². The van der Waals surface area contributed by atoms with Gasteiger partial charge < -0.3 is 0 Å². The number of hydrogen-bond donors (Lipinski definition) is 0. The third-order valence-electron chi connectivity index (χ3n) is 2.28. The zero-order chi connectivity index (χ0) is 13.1. The van der Waals surface area contributed by atoms with Crippen LogP contribution in [-0.4, -0.2) is 9.45 Å². The van der Waals surface area contributed by atoms with E-state index in [1.165, 1.54) is 0 Å². The van der Waals surface area contributed by atoms with Crippen LogP contribution in [0.5, 0.6) is 0 Å². The van der Waals surface area contributed by atoms with Gasteiger partial charge in [-0.1, -0.05) is 61.3 Å². The maximum Gasteiger partial charge on any atom is 0.238 e. The van der Waals surface area contributed by atoms with Gasteiger partial charge in [0.25, 0.3) is 0 Å². The Bertz CT molecular complexity index is 449. The van der Waals surface area contributed by atoms with E-state index >= 15 is 0 Å². The number of hydrogen-bond acceptors (Lipinski definition) is 3. The van der Waals surface area contributed by atoms with Gasteiger partial charge in [-0.3, -0.25) is 4.79 Å². The molecule has 1 aromatic rings. The highest BCUT2D eigenvalue weighted by Gasteiger charge is 2.35. The zero-order valence-electron chi connectivity index (χ0n) is 9.41. The second kappa shape index (κ2) is 5.77. The Morgan fingerprint density at radius 2 is 1.88 bits per heavy atom. The third-order valence-corrected chi connectivity index (χ3v) is 3.62. The molecule has 0 amide bonds. The number of thioether (sulfide) groups is 1. The molecular weight excluding hydrogens is 277 g/mol. The van der Waals surface area contributed by atoms with Gasteiger partial charge in [-0.15, -0.1) is 0 Å². The molecule has 0 radical (unpaired) electrons. The molecule has 1 rings (SSSR count). The largest absolute Gasteiger partial charge is 0.290 e. The fourth-order valence-corrected chi connectivity index (χ4v) is 2.04. The summed E-state index contributed by atoms with van der Waals surface area (Å²) in [7, 11) is 0. The number of nitriles is 1. The maximum atomic E-state index is 11.9. The van der Waals surface area contributed by atoms with E-state index in [0.717, 1.165) is 5.56 Å². The molecule has 0 spiro atoms. The molecule has 90 valence electrons. The van der Waals surface area contributed by atoms with Crippen molar-refractivity contribution in [1.29, 1.82) is 5.26 Å². The highest BCUT2D eigenvalue weighted by atomic mass is 35.5. The summed E-state index contributed by atoms with van der Waals surface area (Å²) in [6.07, 6.45) is 0. The van der Waals surface area contributed by atoms with E-state index < -0.39 is 9.45 Å². The number of halogens is 2. The summed E-state index contributed by atoms with van der Waals surface area (Å²) >= 11 is 12.1. The van der Waals surface area contributed by atoms with Crippen molar-refractivity contribution in [1.82, 2.24) is 0 Å². The first-order valence-electron chi connectivity index (χ1n) is 4.98. The molecule has 0 saturated heterocycles. The minimum Gasteiger partial charge on any atom is -0.290 e. The number of rotatable bonds is 4. The minimum atomic E-state index is -1.74. The molecule has 17 heavy (non-hydrogen) atoms. The highest BCUT2D eigenvalue weighted by Crippen LogP contribution is 2.37. The summed E-state index contributed by atoms with van der Waals surface area (Å²) in [4.78, 5) is 11.9. The number of benzene rings is 1. The van der Waals surface area contributed by atoms with Crippen LogP contribution in [0.3, 0.4) is 0 Å². The van der Waals surface area contributed by atoms with Crippen LogP contribution in [0.15, 0.2) is 24.3 Å². The molecule has 5 heteroatoms. The summed E-state index contributed by atoms with van der Waals surface area (Å²) in [6.45, 7) is 4.13. The van der Waals surface area contributed by atoms with Gasteiger partial charge >= 0.3 is 0 Å². The van der Waals surface area contributed by atoms with E-state index in [-0.39, 0.29) is 0 Å². The first-order chi connectivity index (χ1) is 7.88. The van der Waals surface area contributed by atoms with Gasteiger partial charge in [0.2, 0.25) is 9.45 Å². The topological polar surface area (TPSA) is 40.9 Å². The molecule has 0 aliphatic heterocycles. The Kier molecular flexibility index (Phi) is 4.88. The second-order valence-electron chi connectivity index (χ2n) is 3.82. The lowest BCUT2D eigenvalue weighted by Gasteiger charge is -2.13. The van der Waals surface area contributed by atoms with Gasteiger partial charge in [0.05, 0.1) is 0 Å². The monoisotopic (exact) mass is 287 g/mol. The highest BCUT2D eigenvalue weighted by molar-refractivity contribution is 8.08. The summed E-state index contributed by atoms with van der Waals surface area (Å²) in [5.41, 5.74) is 1.53. The summed E-state index contributed by atoms with van der Waals surface area (Å²) in [6, 6.07) is 7.07. The maximum absolute atomic E-state index is 11.9. The van der Waals surface area contributed by atoms with Crippen molar-refractivity contribution in [2.75, 3.05) is 0 Å². The van der Waals surface area contributed by atoms with E-state index in [1.807, 2.05) is 12.1 Å². The van der Waals surface area contributed by atoms with Crippen molar-refractivity contribution in [2.45, 2.75) is 23.4 Å². The quantitative estimate of drug-likeness (QED) is 0.470. The molecule has 0 aliphatic carbocycles. The lowest BCUT2D eigenvalue weighted by molar-refractivity contribution is 0.0998. The molecule has 0 N–H and O–H groups in total. The average Bonchev–Trinajstić information content (AvgIpc) is 2.28. The lowest BCUT2D eigenvalue weighted by atomic mass is 10.0. The fourth-order valence-electron chi connectivity index (χ4n) is 1.29. The normalized spacial score (nSPS) is 11.3. The molecule has 0 heterocycles.